The molecule has 1 atom stereocenters. The average Bonchev–Trinajstić information content (AvgIpc) is 3.71. The highest BCUT2D eigenvalue weighted by atomic mass is 32.2. The molecule has 9 nitrogen and oxygen atoms in total. The fourth-order valence-corrected chi connectivity index (χ4v) is 7.70. The van der Waals surface area contributed by atoms with Gasteiger partial charge in [0.1, 0.15) is 10.9 Å². The van der Waals surface area contributed by atoms with Crippen LogP contribution in [0.3, 0.4) is 0 Å². The van der Waals surface area contributed by atoms with E-state index >= 15 is 0 Å². The van der Waals surface area contributed by atoms with E-state index in [1.807, 2.05) is 115 Å². The Bertz CT molecular complexity index is 2520. The molecule has 0 radical (unpaired) electrons. The molecule has 0 saturated carbocycles. The van der Waals surface area contributed by atoms with Crippen molar-refractivity contribution < 1.29 is 23.9 Å². The largest absolute Gasteiger partial charge is 0.493 e. The van der Waals surface area contributed by atoms with E-state index in [4.69, 9.17) is 9.47 Å². The van der Waals surface area contributed by atoms with Gasteiger partial charge in [-0.2, -0.15) is 0 Å². The third kappa shape index (κ3) is 8.98. The van der Waals surface area contributed by atoms with Crippen molar-refractivity contribution in [3.05, 3.63) is 173 Å². The molecule has 1 unspecified atom stereocenters. The Morgan fingerprint density at radius 2 is 1.43 bits per heavy atom. The summed E-state index contributed by atoms with van der Waals surface area (Å²) in [5.41, 5.74) is 4.16. The highest BCUT2D eigenvalue weighted by Gasteiger charge is 2.24. The molecule has 1 heterocycles. The standard InChI is InChI=1S/C45H36N4O5S2/c1-53-39-25-20-33(27-40(39)54-2)38-28-55-45(48-38)49-44(52)41(30-13-5-3-6-14-30)56-35-23-21-34(22-24-35)46-43(51)37(47-42(50)31-15-7-4-8-16-31)26-32-18-11-17-29-12-9-10-19-36(29)32/h3-28,41H,1-2H3,(H,46,51)(H,47,50)(H,48,49,52)/b37-26-. The summed E-state index contributed by atoms with van der Waals surface area (Å²) >= 11 is 2.71. The van der Waals surface area contributed by atoms with Gasteiger partial charge in [-0.1, -0.05) is 91.0 Å². The van der Waals surface area contributed by atoms with Gasteiger partial charge in [0.15, 0.2) is 16.6 Å². The third-order valence-electron chi connectivity index (χ3n) is 8.77. The first-order chi connectivity index (χ1) is 27.4. The van der Waals surface area contributed by atoms with Crippen LogP contribution in [0.5, 0.6) is 11.5 Å². The van der Waals surface area contributed by atoms with Gasteiger partial charge in [0.25, 0.3) is 11.8 Å². The van der Waals surface area contributed by atoms with Gasteiger partial charge < -0.3 is 25.4 Å². The van der Waals surface area contributed by atoms with E-state index in [0.29, 0.717) is 33.6 Å². The zero-order chi connectivity index (χ0) is 38.9. The van der Waals surface area contributed by atoms with Gasteiger partial charge in [0.05, 0.1) is 19.9 Å². The van der Waals surface area contributed by atoms with Crippen LogP contribution in [0.25, 0.3) is 28.1 Å². The summed E-state index contributed by atoms with van der Waals surface area (Å²) < 4.78 is 10.8. The molecular weight excluding hydrogens is 741 g/mol. The number of methoxy groups -OCH3 is 2. The van der Waals surface area contributed by atoms with Crippen molar-refractivity contribution in [1.29, 1.82) is 0 Å². The van der Waals surface area contributed by atoms with Gasteiger partial charge in [-0.25, -0.2) is 4.98 Å². The number of nitrogens with one attached hydrogen (secondary N) is 3. The molecule has 0 saturated heterocycles. The van der Waals surface area contributed by atoms with Gasteiger partial charge in [-0.05, 0) is 82.6 Å². The Hall–Kier alpha value is -6.69. The number of rotatable bonds is 13. The van der Waals surface area contributed by atoms with Crippen molar-refractivity contribution in [1.82, 2.24) is 10.3 Å². The first-order valence-electron chi connectivity index (χ1n) is 17.6. The minimum absolute atomic E-state index is 0.0888. The Balaban J connectivity index is 1.08. The number of carbonyl (C=O) groups is 3. The predicted molar refractivity (Wildman–Crippen MR) is 225 cm³/mol. The van der Waals surface area contributed by atoms with Gasteiger partial charge in [-0.15, -0.1) is 23.1 Å². The van der Waals surface area contributed by atoms with Crippen LogP contribution in [0.15, 0.2) is 162 Å². The fourth-order valence-electron chi connectivity index (χ4n) is 5.96. The highest BCUT2D eigenvalue weighted by Crippen LogP contribution is 2.38. The maximum atomic E-state index is 13.9. The number of benzene rings is 6. The maximum Gasteiger partial charge on any atom is 0.272 e. The summed E-state index contributed by atoms with van der Waals surface area (Å²) in [6.07, 6.45) is 1.69. The first-order valence-corrected chi connectivity index (χ1v) is 19.3. The SMILES string of the molecule is COc1ccc(-c2csc(NC(=O)C(Sc3ccc(NC(=O)/C(=C/c4cccc5ccccc45)NC(=O)c4ccccc4)cc3)c3ccccc3)n2)cc1OC. The van der Waals surface area contributed by atoms with Crippen molar-refractivity contribution in [3.63, 3.8) is 0 Å². The number of carbonyl (C=O) groups excluding carboxylic acids is 3. The number of aromatic nitrogens is 1. The molecule has 56 heavy (non-hydrogen) atoms. The fraction of sp³-hybridized carbons (Fsp3) is 0.0667. The van der Waals surface area contributed by atoms with Crippen molar-refractivity contribution in [3.8, 4) is 22.8 Å². The minimum atomic E-state index is -0.603. The van der Waals surface area contributed by atoms with Crippen molar-refractivity contribution in [2.24, 2.45) is 0 Å². The average molecular weight is 777 g/mol. The van der Waals surface area contributed by atoms with E-state index in [1.54, 1.807) is 56.7 Å². The van der Waals surface area contributed by atoms with E-state index in [-0.39, 0.29) is 11.6 Å². The van der Waals surface area contributed by atoms with Crippen LogP contribution in [-0.4, -0.2) is 36.9 Å². The molecule has 278 valence electrons. The van der Waals surface area contributed by atoms with Crippen LogP contribution >= 0.6 is 23.1 Å². The molecular formula is C45H36N4O5S2. The lowest BCUT2D eigenvalue weighted by molar-refractivity contribution is -0.116. The van der Waals surface area contributed by atoms with Crippen molar-refractivity contribution in [2.45, 2.75) is 10.1 Å². The molecule has 1 aromatic heterocycles. The number of ether oxygens (including phenoxy) is 2. The quantitative estimate of drug-likeness (QED) is 0.0788. The van der Waals surface area contributed by atoms with Crippen LogP contribution < -0.4 is 25.4 Å². The monoisotopic (exact) mass is 776 g/mol. The normalized spacial score (nSPS) is 11.7. The Kier molecular flexibility index (Phi) is 11.8. The Labute approximate surface area is 332 Å². The van der Waals surface area contributed by atoms with E-state index in [1.165, 1.54) is 23.1 Å². The lowest BCUT2D eigenvalue weighted by Gasteiger charge is -2.17. The van der Waals surface area contributed by atoms with Crippen LogP contribution in [0.1, 0.15) is 26.7 Å². The van der Waals surface area contributed by atoms with Gasteiger partial charge in [0.2, 0.25) is 5.91 Å². The molecule has 3 amide bonds. The maximum absolute atomic E-state index is 13.9. The summed E-state index contributed by atoms with van der Waals surface area (Å²) in [5, 5.41) is 12.5. The number of amides is 3. The topological polar surface area (TPSA) is 119 Å². The second-order valence-corrected chi connectivity index (χ2v) is 14.5. The van der Waals surface area contributed by atoms with Gasteiger partial charge in [0, 0.05) is 27.1 Å². The number of nitrogens with zero attached hydrogens (tertiary/aromatic N) is 1. The highest BCUT2D eigenvalue weighted by molar-refractivity contribution is 8.00. The summed E-state index contributed by atoms with van der Waals surface area (Å²) in [4.78, 5) is 46.4. The minimum Gasteiger partial charge on any atom is -0.493 e. The van der Waals surface area contributed by atoms with Crippen molar-refractivity contribution in [2.75, 3.05) is 24.9 Å². The molecule has 0 aliphatic carbocycles. The van der Waals surface area contributed by atoms with Crippen LogP contribution in [-0.2, 0) is 9.59 Å². The molecule has 0 fully saturated rings. The number of anilines is 2. The number of hydrogen-bond donors (Lipinski definition) is 3. The molecule has 7 rings (SSSR count). The van der Waals surface area contributed by atoms with Crippen LogP contribution in [0.4, 0.5) is 10.8 Å². The summed E-state index contributed by atoms with van der Waals surface area (Å²) in [6.45, 7) is 0. The Morgan fingerprint density at radius 3 is 2.18 bits per heavy atom. The van der Waals surface area contributed by atoms with E-state index in [0.717, 1.165) is 32.4 Å². The summed E-state index contributed by atoms with van der Waals surface area (Å²) in [5.74, 6) is 0.0784. The van der Waals surface area contributed by atoms with Crippen LogP contribution in [0.2, 0.25) is 0 Å². The molecule has 11 heteroatoms. The lowest BCUT2D eigenvalue weighted by Crippen LogP contribution is -2.30. The molecule has 0 spiro atoms. The third-order valence-corrected chi connectivity index (χ3v) is 10.8. The summed E-state index contributed by atoms with van der Waals surface area (Å²) in [6, 6.07) is 44.7. The smallest absolute Gasteiger partial charge is 0.272 e. The molecule has 0 aliphatic rings. The first kappa shape index (κ1) is 37.6. The summed E-state index contributed by atoms with van der Waals surface area (Å²) in [7, 11) is 3.16. The number of thioether (sulfide) groups is 1. The van der Waals surface area contributed by atoms with Gasteiger partial charge in [-0.3, -0.25) is 14.4 Å². The zero-order valence-corrected chi connectivity index (χ0v) is 32.0. The molecule has 3 N–H and O–H groups in total. The second-order valence-electron chi connectivity index (χ2n) is 12.4. The zero-order valence-electron chi connectivity index (χ0n) is 30.4. The number of hydrogen-bond acceptors (Lipinski definition) is 8. The van der Waals surface area contributed by atoms with Gasteiger partial charge >= 0.3 is 0 Å². The molecule has 7 aromatic rings. The number of fused-ring (bicyclic) bond motifs is 1. The van der Waals surface area contributed by atoms with Crippen LogP contribution in [0, 0.1) is 0 Å². The molecule has 0 bridgehead atoms. The Morgan fingerprint density at radius 1 is 0.732 bits per heavy atom. The second kappa shape index (κ2) is 17.6. The van der Waals surface area contributed by atoms with Crippen molar-refractivity contribution >= 4 is 68.5 Å². The number of thiazole rings is 1. The molecule has 6 aromatic carbocycles. The van der Waals surface area contributed by atoms with E-state index in [9.17, 15) is 14.4 Å². The molecule has 0 aliphatic heterocycles. The predicted octanol–water partition coefficient (Wildman–Crippen LogP) is 9.86. The van der Waals surface area contributed by atoms with E-state index in [2.05, 4.69) is 20.9 Å². The van der Waals surface area contributed by atoms with E-state index < -0.39 is 17.1 Å². The lowest BCUT2D eigenvalue weighted by atomic mass is 10.0.